The summed E-state index contributed by atoms with van der Waals surface area (Å²) in [5.41, 5.74) is 6.68. The third-order valence-electron chi connectivity index (χ3n) is 2.73. The van der Waals surface area contributed by atoms with Crippen LogP contribution in [-0.2, 0) is 11.2 Å². The van der Waals surface area contributed by atoms with Crippen LogP contribution >= 0.6 is 15.9 Å². The van der Waals surface area contributed by atoms with Crippen molar-refractivity contribution in [3.8, 4) is 5.75 Å². The van der Waals surface area contributed by atoms with Crippen LogP contribution in [0.5, 0.6) is 5.75 Å². The maximum atomic E-state index is 11.4. The van der Waals surface area contributed by atoms with Gasteiger partial charge in [0.2, 0.25) is 5.91 Å². The van der Waals surface area contributed by atoms with Crippen LogP contribution in [0.15, 0.2) is 22.7 Å². The molecular weight excluding hydrogens is 308 g/mol. The van der Waals surface area contributed by atoms with Gasteiger partial charge in [0.15, 0.2) is 0 Å². The summed E-state index contributed by atoms with van der Waals surface area (Å²) in [6, 6.07) is 5.90. The average molecular weight is 329 g/mol. The van der Waals surface area contributed by atoms with Gasteiger partial charge in [0, 0.05) is 25.0 Å². The highest BCUT2D eigenvalue weighted by molar-refractivity contribution is 9.10. The second-order valence-corrected chi connectivity index (χ2v) is 5.45. The molecule has 0 fully saturated rings. The first-order valence-corrected chi connectivity index (χ1v) is 7.15. The predicted molar refractivity (Wildman–Crippen MR) is 80.3 cm³/mol. The Morgan fingerprint density at radius 3 is 2.79 bits per heavy atom. The van der Waals surface area contributed by atoms with E-state index in [1.807, 2.05) is 18.2 Å². The van der Waals surface area contributed by atoms with E-state index in [9.17, 15) is 4.79 Å². The molecule has 1 rings (SSSR count). The van der Waals surface area contributed by atoms with Crippen LogP contribution in [0, 0.1) is 0 Å². The van der Waals surface area contributed by atoms with Crippen LogP contribution in [0.25, 0.3) is 0 Å². The Bertz CT molecular complexity index is 422. The highest BCUT2D eigenvalue weighted by Gasteiger charge is 2.06. The Hall–Kier alpha value is -1.07. The summed E-state index contributed by atoms with van der Waals surface area (Å²) in [6.07, 6.45) is 2.01. The number of nitrogens with two attached hydrogens (primary N) is 1. The summed E-state index contributed by atoms with van der Waals surface area (Å²) in [5, 5.41) is 0. The molecule has 0 bridgehead atoms. The predicted octanol–water partition coefficient (Wildman–Crippen LogP) is 2.20. The topological polar surface area (TPSA) is 55.6 Å². The van der Waals surface area contributed by atoms with Crippen molar-refractivity contribution < 1.29 is 9.53 Å². The minimum absolute atomic E-state index is 0.126. The van der Waals surface area contributed by atoms with Crippen molar-refractivity contribution in [2.75, 3.05) is 27.2 Å². The molecule has 0 atom stereocenters. The number of halogens is 1. The second kappa shape index (κ2) is 8.17. The molecule has 0 heterocycles. The van der Waals surface area contributed by atoms with Gasteiger partial charge in [-0.25, -0.2) is 0 Å². The van der Waals surface area contributed by atoms with E-state index in [-0.39, 0.29) is 5.91 Å². The van der Waals surface area contributed by atoms with Crippen molar-refractivity contribution in [2.45, 2.75) is 19.3 Å². The zero-order chi connectivity index (χ0) is 14.3. The Balaban J connectivity index is 2.46. The number of ether oxygens (including phenoxy) is 1. The standard InChI is InChI=1S/C14H21BrN2O2/c1-17(2)14(18)4-3-9-19-13-6-5-12(15)10-11(13)7-8-16/h5-6,10H,3-4,7-9,16H2,1-2H3. The highest BCUT2D eigenvalue weighted by Crippen LogP contribution is 2.23. The van der Waals surface area contributed by atoms with Gasteiger partial charge in [0.25, 0.3) is 0 Å². The lowest BCUT2D eigenvalue weighted by Gasteiger charge is -2.13. The number of benzene rings is 1. The molecule has 19 heavy (non-hydrogen) atoms. The van der Waals surface area contributed by atoms with E-state index in [0.717, 1.165) is 28.6 Å². The SMILES string of the molecule is CN(C)C(=O)CCCOc1ccc(Br)cc1CCN. The molecule has 1 aromatic rings. The molecule has 0 aromatic heterocycles. The first-order chi connectivity index (χ1) is 9.04. The molecule has 1 aromatic carbocycles. The molecule has 0 saturated heterocycles. The van der Waals surface area contributed by atoms with Gasteiger partial charge in [-0.05, 0) is 43.1 Å². The molecule has 1 amide bonds. The molecule has 0 radical (unpaired) electrons. The summed E-state index contributed by atoms with van der Waals surface area (Å²) in [4.78, 5) is 13.0. The fraction of sp³-hybridized carbons (Fsp3) is 0.500. The van der Waals surface area contributed by atoms with E-state index < -0.39 is 0 Å². The molecule has 5 heteroatoms. The van der Waals surface area contributed by atoms with E-state index in [2.05, 4.69) is 15.9 Å². The molecule has 4 nitrogen and oxygen atoms in total. The minimum atomic E-state index is 0.126. The van der Waals surface area contributed by atoms with Gasteiger partial charge in [-0.2, -0.15) is 0 Å². The molecule has 0 aliphatic heterocycles. The maximum absolute atomic E-state index is 11.4. The average Bonchev–Trinajstić information content (AvgIpc) is 2.36. The van der Waals surface area contributed by atoms with Gasteiger partial charge in [-0.15, -0.1) is 0 Å². The first-order valence-electron chi connectivity index (χ1n) is 6.36. The maximum Gasteiger partial charge on any atom is 0.222 e. The lowest BCUT2D eigenvalue weighted by molar-refractivity contribution is -0.128. The summed E-state index contributed by atoms with van der Waals surface area (Å²) in [6.45, 7) is 1.13. The van der Waals surface area contributed by atoms with Crippen LogP contribution in [0.2, 0.25) is 0 Å². The molecule has 0 aliphatic rings. The molecular formula is C14H21BrN2O2. The summed E-state index contributed by atoms with van der Waals surface area (Å²) >= 11 is 3.44. The van der Waals surface area contributed by atoms with Crippen LogP contribution in [0.3, 0.4) is 0 Å². The minimum Gasteiger partial charge on any atom is -0.493 e. The van der Waals surface area contributed by atoms with Gasteiger partial charge in [-0.3, -0.25) is 4.79 Å². The smallest absolute Gasteiger partial charge is 0.222 e. The van der Waals surface area contributed by atoms with E-state index in [0.29, 0.717) is 19.6 Å². The van der Waals surface area contributed by atoms with Crippen LogP contribution in [0.4, 0.5) is 0 Å². The van der Waals surface area contributed by atoms with Crippen LogP contribution < -0.4 is 10.5 Å². The van der Waals surface area contributed by atoms with E-state index in [4.69, 9.17) is 10.5 Å². The number of rotatable bonds is 7. The number of hydrogen-bond acceptors (Lipinski definition) is 3. The molecule has 0 spiro atoms. The zero-order valence-electron chi connectivity index (χ0n) is 11.5. The molecule has 0 saturated carbocycles. The van der Waals surface area contributed by atoms with Crippen molar-refractivity contribution in [1.82, 2.24) is 4.90 Å². The number of carbonyl (C=O) groups excluding carboxylic acids is 1. The molecule has 2 N–H and O–H groups in total. The number of nitrogens with zero attached hydrogens (tertiary/aromatic N) is 1. The zero-order valence-corrected chi connectivity index (χ0v) is 13.1. The first kappa shape index (κ1) is 16.0. The third kappa shape index (κ3) is 5.61. The highest BCUT2D eigenvalue weighted by atomic mass is 79.9. The van der Waals surface area contributed by atoms with Crippen molar-refractivity contribution in [3.63, 3.8) is 0 Å². The lowest BCUT2D eigenvalue weighted by Crippen LogP contribution is -2.21. The molecule has 0 unspecified atom stereocenters. The molecule has 0 aliphatic carbocycles. The Morgan fingerprint density at radius 2 is 2.16 bits per heavy atom. The summed E-state index contributed by atoms with van der Waals surface area (Å²) < 4.78 is 6.75. The number of amides is 1. The van der Waals surface area contributed by atoms with Gasteiger partial charge in [0.05, 0.1) is 6.61 Å². The second-order valence-electron chi connectivity index (χ2n) is 4.53. The van der Waals surface area contributed by atoms with E-state index in [1.165, 1.54) is 0 Å². The number of carbonyl (C=O) groups is 1. The van der Waals surface area contributed by atoms with Gasteiger partial charge < -0.3 is 15.4 Å². The largest absolute Gasteiger partial charge is 0.493 e. The fourth-order valence-electron chi connectivity index (χ4n) is 1.67. The monoisotopic (exact) mass is 328 g/mol. The normalized spacial score (nSPS) is 10.3. The van der Waals surface area contributed by atoms with E-state index in [1.54, 1.807) is 19.0 Å². The Labute approximate surface area is 123 Å². The Morgan fingerprint density at radius 1 is 1.42 bits per heavy atom. The van der Waals surface area contributed by atoms with Gasteiger partial charge in [0.1, 0.15) is 5.75 Å². The van der Waals surface area contributed by atoms with Crippen molar-refractivity contribution >= 4 is 21.8 Å². The van der Waals surface area contributed by atoms with Gasteiger partial charge in [-0.1, -0.05) is 15.9 Å². The number of hydrogen-bond donors (Lipinski definition) is 1. The van der Waals surface area contributed by atoms with Crippen molar-refractivity contribution in [2.24, 2.45) is 5.73 Å². The van der Waals surface area contributed by atoms with E-state index >= 15 is 0 Å². The third-order valence-corrected chi connectivity index (χ3v) is 3.22. The summed E-state index contributed by atoms with van der Waals surface area (Å²) in [5.74, 6) is 0.979. The van der Waals surface area contributed by atoms with Gasteiger partial charge >= 0.3 is 0 Å². The van der Waals surface area contributed by atoms with Crippen LogP contribution in [-0.4, -0.2) is 38.1 Å². The molecule has 106 valence electrons. The Kier molecular flexibility index (Phi) is 6.87. The lowest BCUT2D eigenvalue weighted by atomic mass is 10.1. The van der Waals surface area contributed by atoms with Crippen molar-refractivity contribution in [3.05, 3.63) is 28.2 Å². The summed E-state index contributed by atoms with van der Waals surface area (Å²) in [7, 11) is 3.52. The van der Waals surface area contributed by atoms with Crippen LogP contribution in [0.1, 0.15) is 18.4 Å². The fourth-order valence-corrected chi connectivity index (χ4v) is 2.08. The quantitative estimate of drug-likeness (QED) is 0.780. The van der Waals surface area contributed by atoms with Crippen molar-refractivity contribution in [1.29, 1.82) is 0 Å².